The molecule has 1 saturated heterocycles. The van der Waals surface area contributed by atoms with Crippen LogP contribution in [0.4, 0.5) is 11.5 Å². The predicted molar refractivity (Wildman–Crippen MR) is 141 cm³/mol. The van der Waals surface area contributed by atoms with Crippen LogP contribution in [0, 0.1) is 0 Å². The molecule has 1 aliphatic heterocycles. The van der Waals surface area contributed by atoms with Gasteiger partial charge in [0.15, 0.2) is 5.82 Å². The van der Waals surface area contributed by atoms with Crippen LogP contribution in [0.15, 0.2) is 73.1 Å². The zero-order valence-electron chi connectivity index (χ0n) is 20.3. The summed E-state index contributed by atoms with van der Waals surface area (Å²) in [5.74, 6) is 1.30. The summed E-state index contributed by atoms with van der Waals surface area (Å²) in [6, 6.07) is 19.6. The molecule has 0 radical (unpaired) electrons. The van der Waals surface area contributed by atoms with Gasteiger partial charge in [-0.2, -0.15) is 5.10 Å². The molecule has 186 valence electrons. The van der Waals surface area contributed by atoms with Crippen molar-refractivity contribution >= 4 is 39.2 Å². The lowest BCUT2D eigenvalue weighted by molar-refractivity contribution is 0.0926. The molecule has 0 bridgehead atoms. The lowest BCUT2D eigenvalue weighted by atomic mass is 10.1. The van der Waals surface area contributed by atoms with Crippen molar-refractivity contribution in [1.29, 1.82) is 0 Å². The van der Waals surface area contributed by atoms with Gasteiger partial charge in [-0.05, 0) is 65.9 Å². The highest BCUT2D eigenvalue weighted by Gasteiger charge is 2.21. The maximum atomic E-state index is 12.9. The van der Waals surface area contributed by atoms with Gasteiger partial charge in [-0.3, -0.25) is 19.4 Å². The van der Waals surface area contributed by atoms with Crippen LogP contribution in [0.25, 0.3) is 21.8 Å². The third kappa shape index (κ3) is 4.68. The zero-order chi connectivity index (χ0) is 25.2. The van der Waals surface area contributed by atoms with Crippen LogP contribution in [0.2, 0.25) is 0 Å². The number of anilines is 2. The van der Waals surface area contributed by atoms with Crippen LogP contribution in [0.5, 0.6) is 5.75 Å². The Morgan fingerprint density at radius 1 is 1.11 bits per heavy atom. The van der Waals surface area contributed by atoms with Crippen LogP contribution in [-0.4, -0.2) is 52.0 Å². The summed E-state index contributed by atoms with van der Waals surface area (Å²) in [5, 5.41) is 13.0. The van der Waals surface area contributed by atoms with E-state index < -0.39 is 0 Å². The summed E-state index contributed by atoms with van der Waals surface area (Å²) in [4.78, 5) is 21.8. The van der Waals surface area contributed by atoms with Crippen molar-refractivity contribution in [3.05, 3.63) is 84.3 Å². The van der Waals surface area contributed by atoms with Crippen molar-refractivity contribution in [2.45, 2.75) is 19.0 Å². The van der Waals surface area contributed by atoms with E-state index >= 15 is 0 Å². The molecule has 2 N–H and O–H groups in total. The van der Waals surface area contributed by atoms with E-state index in [4.69, 9.17) is 14.6 Å². The minimum absolute atomic E-state index is 0.0271. The van der Waals surface area contributed by atoms with Gasteiger partial charge in [-0.25, -0.2) is 0 Å². The number of pyridine rings is 2. The number of nitrogens with one attached hydrogen (secondary N) is 2. The minimum atomic E-state index is -0.186. The molecule has 9 nitrogen and oxygen atoms in total. The third-order valence-electron chi connectivity index (χ3n) is 6.51. The Labute approximate surface area is 213 Å². The molecular weight excluding hydrogens is 468 g/mol. The quantitative estimate of drug-likeness (QED) is 0.348. The van der Waals surface area contributed by atoms with E-state index in [0.29, 0.717) is 31.3 Å². The molecule has 1 aliphatic rings. The largest absolute Gasteiger partial charge is 0.497 e. The number of ether oxygens (including phenoxy) is 2. The zero-order valence-corrected chi connectivity index (χ0v) is 20.3. The van der Waals surface area contributed by atoms with E-state index in [-0.39, 0.29) is 11.9 Å². The van der Waals surface area contributed by atoms with E-state index in [2.05, 4.69) is 20.6 Å². The molecule has 6 rings (SSSR count). The number of carbonyl (C=O) groups is 1. The van der Waals surface area contributed by atoms with Crippen LogP contribution in [0.3, 0.4) is 0 Å². The summed E-state index contributed by atoms with van der Waals surface area (Å²) >= 11 is 0. The summed E-state index contributed by atoms with van der Waals surface area (Å²) < 4.78 is 12.6. The highest BCUT2D eigenvalue weighted by Crippen LogP contribution is 2.28. The molecule has 9 heteroatoms. The second kappa shape index (κ2) is 9.87. The number of methoxy groups -OCH3 is 1. The fourth-order valence-corrected chi connectivity index (χ4v) is 4.59. The van der Waals surface area contributed by atoms with Gasteiger partial charge >= 0.3 is 0 Å². The summed E-state index contributed by atoms with van der Waals surface area (Å²) in [6.45, 7) is 1.81. The Morgan fingerprint density at radius 3 is 2.81 bits per heavy atom. The number of hydrogen-bond acceptors (Lipinski definition) is 7. The van der Waals surface area contributed by atoms with Gasteiger partial charge in [0, 0.05) is 30.1 Å². The Morgan fingerprint density at radius 2 is 2.00 bits per heavy atom. The second-order valence-corrected chi connectivity index (χ2v) is 8.98. The molecule has 3 aromatic heterocycles. The van der Waals surface area contributed by atoms with Crippen molar-refractivity contribution in [3.8, 4) is 5.75 Å². The number of fused-ring (bicyclic) bond motifs is 2. The van der Waals surface area contributed by atoms with Gasteiger partial charge in [0.05, 0.1) is 31.8 Å². The van der Waals surface area contributed by atoms with Crippen molar-refractivity contribution in [2.75, 3.05) is 25.6 Å². The number of rotatable bonds is 7. The van der Waals surface area contributed by atoms with Crippen molar-refractivity contribution in [1.82, 2.24) is 25.1 Å². The van der Waals surface area contributed by atoms with Gasteiger partial charge in [0.1, 0.15) is 17.0 Å². The molecule has 0 spiro atoms. The number of carbonyl (C=O) groups excluding carboxylic acids is 1. The fraction of sp³-hybridized carbons (Fsp3) is 0.214. The molecule has 1 amide bonds. The normalized spacial score (nSPS) is 15.2. The Balaban J connectivity index is 1.28. The summed E-state index contributed by atoms with van der Waals surface area (Å²) in [5.41, 5.74) is 4.07. The summed E-state index contributed by atoms with van der Waals surface area (Å²) in [7, 11) is 1.66. The number of nitrogens with zero attached hydrogens (tertiary/aromatic N) is 4. The molecule has 0 aliphatic carbocycles. The molecule has 37 heavy (non-hydrogen) atoms. The van der Waals surface area contributed by atoms with E-state index in [1.165, 1.54) is 0 Å². The van der Waals surface area contributed by atoms with Gasteiger partial charge in [-0.15, -0.1) is 0 Å². The SMILES string of the molecule is COc1ccc(Cn2nc(Nc3ccc4c(C(=O)NC5CCOC5)nccc4c3)c3ncccc32)cc1. The van der Waals surface area contributed by atoms with Gasteiger partial charge in [-0.1, -0.05) is 12.1 Å². The Bertz CT molecular complexity index is 1570. The topological polar surface area (TPSA) is 103 Å². The Kier molecular flexibility index (Phi) is 6.11. The average Bonchev–Trinajstić information content (AvgIpc) is 3.57. The number of amides is 1. The standard InChI is InChI=1S/C28H26N6O3/c1-36-22-7-4-18(5-8-22)16-34-24-3-2-12-29-26(24)27(33-34)31-20-6-9-23-19(15-20)10-13-30-25(23)28(35)32-21-11-14-37-17-21/h2-10,12-13,15,21H,11,14,16-17H2,1H3,(H,31,33)(H,32,35). The van der Waals surface area contributed by atoms with E-state index in [9.17, 15) is 4.79 Å². The van der Waals surface area contributed by atoms with Crippen molar-refractivity contribution in [3.63, 3.8) is 0 Å². The predicted octanol–water partition coefficient (Wildman–Crippen LogP) is 4.30. The fourth-order valence-electron chi connectivity index (χ4n) is 4.59. The van der Waals surface area contributed by atoms with Gasteiger partial charge in [0.25, 0.3) is 5.91 Å². The van der Waals surface area contributed by atoms with Crippen LogP contribution >= 0.6 is 0 Å². The molecule has 4 heterocycles. The first-order valence-corrected chi connectivity index (χ1v) is 12.2. The molecule has 5 aromatic rings. The highest BCUT2D eigenvalue weighted by atomic mass is 16.5. The van der Waals surface area contributed by atoms with Gasteiger partial charge < -0.3 is 20.1 Å². The number of benzene rings is 2. The smallest absolute Gasteiger partial charge is 0.270 e. The minimum Gasteiger partial charge on any atom is -0.497 e. The Hall–Kier alpha value is -4.50. The first-order valence-electron chi connectivity index (χ1n) is 12.2. The van der Waals surface area contributed by atoms with E-state index in [0.717, 1.165) is 45.2 Å². The maximum absolute atomic E-state index is 12.9. The van der Waals surface area contributed by atoms with E-state index in [1.807, 2.05) is 65.3 Å². The molecule has 1 fully saturated rings. The van der Waals surface area contributed by atoms with Crippen LogP contribution in [-0.2, 0) is 11.3 Å². The van der Waals surface area contributed by atoms with E-state index in [1.54, 1.807) is 19.5 Å². The molecule has 2 aromatic carbocycles. The first kappa shape index (κ1) is 22.9. The van der Waals surface area contributed by atoms with Gasteiger partial charge in [0.2, 0.25) is 0 Å². The average molecular weight is 495 g/mol. The lowest BCUT2D eigenvalue weighted by Crippen LogP contribution is -2.35. The number of aromatic nitrogens is 4. The molecule has 1 atom stereocenters. The third-order valence-corrected chi connectivity index (χ3v) is 6.51. The van der Waals surface area contributed by atoms with Crippen LogP contribution in [0.1, 0.15) is 22.5 Å². The molecule has 0 saturated carbocycles. The molecule has 1 unspecified atom stereocenters. The first-order chi connectivity index (χ1) is 18.2. The second-order valence-electron chi connectivity index (χ2n) is 8.98. The highest BCUT2D eigenvalue weighted by molar-refractivity contribution is 6.06. The molecular formula is C28H26N6O3. The lowest BCUT2D eigenvalue weighted by Gasteiger charge is -2.12. The monoisotopic (exact) mass is 494 g/mol. The van der Waals surface area contributed by atoms with Crippen molar-refractivity contribution in [2.24, 2.45) is 0 Å². The summed E-state index contributed by atoms with van der Waals surface area (Å²) in [6.07, 6.45) is 4.24. The maximum Gasteiger partial charge on any atom is 0.270 e. The van der Waals surface area contributed by atoms with Crippen molar-refractivity contribution < 1.29 is 14.3 Å². The number of hydrogen-bond donors (Lipinski definition) is 2. The van der Waals surface area contributed by atoms with Crippen LogP contribution < -0.4 is 15.4 Å².